The van der Waals surface area contributed by atoms with E-state index >= 15 is 0 Å². The van der Waals surface area contributed by atoms with E-state index in [2.05, 4.69) is 50.2 Å². The van der Waals surface area contributed by atoms with Crippen LogP contribution in [-0.4, -0.2) is 76.6 Å². The van der Waals surface area contributed by atoms with Crippen molar-refractivity contribution in [3.8, 4) is 5.82 Å². The van der Waals surface area contributed by atoms with E-state index in [1.54, 1.807) is 12.5 Å². The Labute approximate surface area is 194 Å². The fourth-order valence-corrected chi connectivity index (χ4v) is 4.72. The highest BCUT2D eigenvalue weighted by molar-refractivity contribution is 5.92. The van der Waals surface area contributed by atoms with E-state index in [0.717, 1.165) is 62.8 Å². The van der Waals surface area contributed by atoms with Crippen LogP contribution in [0.1, 0.15) is 24.6 Å². The average Bonchev–Trinajstić information content (AvgIpc) is 3.53. The minimum Gasteiger partial charge on any atom is -0.369 e. The summed E-state index contributed by atoms with van der Waals surface area (Å²) in [5.41, 5.74) is 3.06. The second-order valence-corrected chi connectivity index (χ2v) is 8.90. The van der Waals surface area contributed by atoms with Crippen LogP contribution in [0.5, 0.6) is 0 Å². The number of amides is 1. The van der Waals surface area contributed by atoms with Crippen molar-refractivity contribution in [1.29, 1.82) is 0 Å². The summed E-state index contributed by atoms with van der Waals surface area (Å²) in [4.78, 5) is 28.7. The van der Waals surface area contributed by atoms with Crippen molar-refractivity contribution in [3.63, 3.8) is 0 Å². The molecule has 2 fully saturated rings. The predicted molar refractivity (Wildman–Crippen MR) is 130 cm³/mol. The number of benzene rings is 1. The lowest BCUT2D eigenvalue weighted by Gasteiger charge is -2.34. The maximum Gasteiger partial charge on any atom is 0.238 e. The lowest BCUT2D eigenvalue weighted by molar-refractivity contribution is -0.117. The molecule has 0 saturated carbocycles. The van der Waals surface area contributed by atoms with Crippen LogP contribution in [0, 0.1) is 0 Å². The number of pyridine rings is 1. The summed E-state index contributed by atoms with van der Waals surface area (Å²) < 4.78 is 1.90. The van der Waals surface area contributed by atoms with Gasteiger partial charge in [0.2, 0.25) is 5.91 Å². The Morgan fingerprint density at radius 2 is 1.88 bits per heavy atom. The molecule has 8 heteroatoms. The van der Waals surface area contributed by atoms with Gasteiger partial charge in [-0.2, -0.15) is 0 Å². The molecular formula is C25H31N7O. The molecular weight excluding hydrogens is 414 g/mol. The topological polar surface area (TPSA) is 69.5 Å². The van der Waals surface area contributed by atoms with Gasteiger partial charge < -0.3 is 15.1 Å². The Bertz CT molecular complexity index is 1060. The molecule has 2 saturated heterocycles. The van der Waals surface area contributed by atoms with Crippen molar-refractivity contribution in [2.24, 2.45) is 0 Å². The summed E-state index contributed by atoms with van der Waals surface area (Å²) >= 11 is 0. The van der Waals surface area contributed by atoms with Gasteiger partial charge in [0.15, 0.2) is 0 Å². The number of piperazine rings is 1. The number of aromatic nitrogens is 3. The predicted octanol–water partition coefficient (Wildman–Crippen LogP) is 2.79. The maximum atomic E-state index is 12.8. The van der Waals surface area contributed by atoms with Gasteiger partial charge >= 0.3 is 0 Å². The summed E-state index contributed by atoms with van der Waals surface area (Å²) in [6.45, 7) is 5.49. The van der Waals surface area contributed by atoms with Crippen molar-refractivity contribution in [2.45, 2.75) is 18.9 Å². The normalized spacial score (nSPS) is 19.7. The van der Waals surface area contributed by atoms with Crippen molar-refractivity contribution in [3.05, 3.63) is 66.9 Å². The first-order valence-electron chi connectivity index (χ1n) is 11.7. The highest BCUT2D eigenvalue weighted by Gasteiger charge is 2.29. The highest BCUT2D eigenvalue weighted by Crippen LogP contribution is 2.31. The quantitative estimate of drug-likeness (QED) is 0.629. The number of anilines is 2. The van der Waals surface area contributed by atoms with Crippen LogP contribution in [0.3, 0.4) is 0 Å². The number of nitrogens with one attached hydrogen (secondary N) is 1. The first-order chi connectivity index (χ1) is 16.2. The Morgan fingerprint density at radius 3 is 2.64 bits per heavy atom. The third-order valence-electron chi connectivity index (χ3n) is 6.60. The first kappa shape index (κ1) is 21.6. The third kappa shape index (κ3) is 5.07. The van der Waals surface area contributed by atoms with Crippen molar-refractivity contribution in [1.82, 2.24) is 24.3 Å². The van der Waals surface area contributed by atoms with Crippen LogP contribution in [0.15, 0.2) is 61.2 Å². The summed E-state index contributed by atoms with van der Waals surface area (Å²) in [7, 11) is 2.16. The number of carbonyl (C=O) groups is 1. The fourth-order valence-electron chi connectivity index (χ4n) is 4.72. The molecule has 1 N–H and O–H groups in total. The van der Waals surface area contributed by atoms with Crippen molar-refractivity contribution >= 4 is 17.3 Å². The van der Waals surface area contributed by atoms with E-state index in [1.807, 2.05) is 35.0 Å². The summed E-state index contributed by atoms with van der Waals surface area (Å²) in [6, 6.07) is 14.4. The summed E-state index contributed by atoms with van der Waals surface area (Å²) in [5.74, 6) is 0.863. The van der Waals surface area contributed by atoms with Gasteiger partial charge in [0.25, 0.3) is 0 Å². The van der Waals surface area contributed by atoms with Crippen LogP contribution < -0.4 is 10.2 Å². The minimum atomic E-state index is 0.0139. The molecule has 8 nitrogen and oxygen atoms in total. The molecule has 2 aromatic heterocycles. The van der Waals surface area contributed by atoms with Gasteiger partial charge in [0, 0.05) is 49.9 Å². The van der Waals surface area contributed by atoms with Crippen LogP contribution >= 0.6 is 0 Å². The Balaban J connectivity index is 1.20. The fraction of sp³-hybridized carbons (Fsp3) is 0.400. The molecule has 1 amide bonds. The lowest BCUT2D eigenvalue weighted by atomic mass is 10.1. The van der Waals surface area contributed by atoms with Crippen LogP contribution in [-0.2, 0) is 4.79 Å². The molecule has 0 aliphatic carbocycles. The van der Waals surface area contributed by atoms with Gasteiger partial charge in [-0.05, 0) is 62.8 Å². The molecule has 172 valence electrons. The zero-order valence-electron chi connectivity index (χ0n) is 19.1. The molecule has 2 aliphatic rings. The second kappa shape index (κ2) is 9.72. The van der Waals surface area contributed by atoms with E-state index in [4.69, 9.17) is 4.98 Å². The zero-order chi connectivity index (χ0) is 22.6. The van der Waals surface area contributed by atoms with Gasteiger partial charge in [-0.1, -0.05) is 6.07 Å². The van der Waals surface area contributed by atoms with Gasteiger partial charge in [-0.15, -0.1) is 0 Å². The standard InChI is InChI=1S/C25H31N7O/c1-29-14-16-30(17-15-29)21-9-7-20(8-10-21)27-25(33)18-31-12-3-5-23(31)22-4-2-6-24(28-22)32-13-11-26-19-32/h2,4,6-11,13,19,23H,3,5,12,14-18H2,1H3,(H,27,33)/t23-/m0/s1. The maximum absolute atomic E-state index is 12.8. The number of nitrogens with zero attached hydrogens (tertiary/aromatic N) is 6. The monoisotopic (exact) mass is 445 g/mol. The summed E-state index contributed by atoms with van der Waals surface area (Å²) in [5, 5.41) is 3.07. The highest BCUT2D eigenvalue weighted by atomic mass is 16.2. The zero-order valence-corrected chi connectivity index (χ0v) is 19.1. The molecule has 3 aromatic rings. The molecule has 0 radical (unpaired) electrons. The molecule has 0 bridgehead atoms. The number of carbonyl (C=O) groups excluding carboxylic acids is 1. The van der Waals surface area contributed by atoms with Crippen LogP contribution in [0.4, 0.5) is 11.4 Å². The summed E-state index contributed by atoms with van der Waals surface area (Å²) in [6.07, 6.45) is 7.46. The van der Waals surface area contributed by atoms with Crippen LogP contribution in [0.25, 0.3) is 5.82 Å². The SMILES string of the molecule is CN1CCN(c2ccc(NC(=O)CN3CCC[C@H]3c3cccc(-n4ccnc4)n3)cc2)CC1. The molecule has 4 heterocycles. The largest absolute Gasteiger partial charge is 0.369 e. The Kier molecular flexibility index (Phi) is 6.37. The van der Waals surface area contributed by atoms with E-state index < -0.39 is 0 Å². The van der Waals surface area contributed by atoms with E-state index in [1.165, 1.54) is 5.69 Å². The molecule has 0 spiro atoms. The van der Waals surface area contributed by atoms with E-state index in [0.29, 0.717) is 6.54 Å². The third-order valence-corrected chi connectivity index (χ3v) is 6.60. The minimum absolute atomic E-state index is 0.0139. The molecule has 2 aliphatic heterocycles. The number of rotatable bonds is 6. The van der Waals surface area contributed by atoms with Gasteiger partial charge in [0.05, 0.1) is 18.3 Å². The van der Waals surface area contributed by atoms with Gasteiger partial charge in [-0.3, -0.25) is 14.3 Å². The van der Waals surface area contributed by atoms with Crippen molar-refractivity contribution < 1.29 is 4.79 Å². The van der Waals surface area contributed by atoms with Crippen molar-refractivity contribution in [2.75, 3.05) is 56.5 Å². The first-order valence-corrected chi connectivity index (χ1v) is 11.7. The average molecular weight is 446 g/mol. The number of hydrogen-bond donors (Lipinski definition) is 1. The Hall–Kier alpha value is -3.23. The molecule has 1 atom stereocenters. The number of imidazole rings is 1. The molecule has 5 rings (SSSR count). The lowest BCUT2D eigenvalue weighted by Crippen LogP contribution is -2.44. The smallest absolute Gasteiger partial charge is 0.238 e. The van der Waals surface area contributed by atoms with Crippen LogP contribution in [0.2, 0.25) is 0 Å². The van der Waals surface area contributed by atoms with E-state index in [-0.39, 0.29) is 11.9 Å². The van der Waals surface area contributed by atoms with Gasteiger partial charge in [0.1, 0.15) is 12.1 Å². The Morgan fingerprint density at radius 1 is 1.06 bits per heavy atom. The molecule has 1 aromatic carbocycles. The molecule has 33 heavy (non-hydrogen) atoms. The number of likely N-dealkylation sites (N-methyl/N-ethyl adjacent to an activating group) is 1. The van der Waals surface area contributed by atoms with E-state index in [9.17, 15) is 4.79 Å². The van der Waals surface area contributed by atoms with Gasteiger partial charge in [-0.25, -0.2) is 9.97 Å². The number of likely N-dealkylation sites (tertiary alicyclic amines) is 1. The molecule has 0 unspecified atom stereocenters. The second-order valence-electron chi connectivity index (χ2n) is 8.90. The number of hydrogen-bond acceptors (Lipinski definition) is 6.